The molecule has 0 fully saturated rings. The van der Waals surface area contributed by atoms with Crippen molar-refractivity contribution in [3.8, 4) is 11.3 Å². The van der Waals surface area contributed by atoms with E-state index in [-0.39, 0.29) is 5.56 Å². The molecule has 0 spiro atoms. The third kappa shape index (κ3) is 3.73. The van der Waals surface area contributed by atoms with Crippen molar-refractivity contribution in [3.63, 3.8) is 0 Å². The summed E-state index contributed by atoms with van der Waals surface area (Å²) < 4.78 is 1.50. The van der Waals surface area contributed by atoms with Crippen molar-refractivity contribution in [2.45, 2.75) is 6.42 Å². The zero-order valence-corrected chi connectivity index (χ0v) is 16.0. The van der Waals surface area contributed by atoms with Gasteiger partial charge in [-0.2, -0.15) is 10.2 Å². The zero-order valence-electron chi connectivity index (χ0n) is 15.3. The lowest BCUT2D eigenvalue weighted by atomic mass is 10.1. The predicted octanol–water partition coefficient (Wildman–Crippen LogP) is 3.70. The van der Waals surface area contributed by atoms with Crippen molar-refractivity contribution in [1.29, 1.82) is 0 Å². The Hall–Kier alpha value is -3.25. The zero-order chi connectivity index (χ0) is 19.5. The van der Waals surface area contributed by atoms with E-state index in [1.54, 1.807) is 25.2 Å². The summed E-state index contributed by atoms with van der Waals surface area (Å²) in [7, 11) is 1.69. The number of benzene rings is 2. The van der Waals surface area contributed by atoms with E-state index in [2.05, 4.69) is 20.5 Å². The van der Waals surface area contributed by atoms with Crippen molar-refractivity contribution in [3.05, 3.63) is 81.7 Å². The van der Waals surface area contributed by atoms with Crippen LogP contribution in [0.2, 0.25) is 5.02 Å². The first-order valence-corrected chi connectivity index (χ1v) is 9.28. The van der Waals surface area contributed by atoms with Gasteiger partial charge in [-0.3, -0.25) is 9.36 Å². The molecular weight excluding hydrogens is 374 g/mol. The molecule has 0 aliphatic heterocycles. The largest absolute Gasteiger partial charge is 0.355 e. The Kier molecular flexibility index (Phi) is 5.04. The van der Waals surface area contributed by atoms with Crippen LogP contribution < -0.4 is 10.9 Å². The summed E-state index contributed by atoms with van der Waals surface area (Å²) in [5.74, 6) is 0.494. The second-order valence-electron chi connectivity index (χ2n) is 6.41. The van der Waals surface area contributed by atoms with Gasteiger partial charge in [0.05, 0.1) is 22.3 Å². The van der Waals surface area contributed by atoms with Crippen LogP contribution in [-0.4, -0.2) is 26.3 Å². The number of rotatable bonds is 5. The third-order valence-corrected chi connectivity index (χ3v) is 4.73. The summed E-state index contributed by atoms with van der Waals surface area (Å²) in [6.07, 6.45) is 0.658. The van der Waals surface area contributed by atoms with Crippen LogP contribution in [0.4, 0.5) is 5.95 Å². The predicted molar refractivity (Wildman–Crippen MR) is 112 cm³/mol. The Morgan fingerprint density at radius 1 is 1.04 bits per heavy atom. The van der Waals surface area contributed by atoms with Crippen molar-refractivity contribution in [1.82, 2.24) is 19.7 Å². The van der Waals surface area contributed by atoms with Gasteiger partial charge in [0.1, 0.15) is 0 Å². The molecule has 0 aliphatic carbocycles. The van der Waals surface area contributed by atoms with Crippen molar-refractivity contribution >= 4 is 28.5 Å². The molecule has 4 rings (SSSR count). The molecule has 0 saturated carbocycles. The number of nitrogens with zero attached hydrogens (tertiary/aromatic N) is 4. The number of fused-ring (bicyclic) bond motifs is 1. The minimum absolute atomic E-state index is 0.115. The fraction of sp³-hybridized carbons (Fsp3) is 0.143. The van der Waals surface area contributed by atoms with Gasteiger partial charge in [-0.25, -0.2) is 4.98 Å². The van der Waals surface area contributed by atoms with E-state index in [1.807, 2.05) is 42.5 Å². The lowest BCUT2D eigenvalue weighted by molar-refractivity contribution is 0.822. The highest BCUT2D eigenvalue weighted by molar-refractivity contribution is 6.31. The smallest absolute Gasteiger partial charge is 0.262 e. The summed E-state index contributed by atoms with van der Waals surface area (Å²) in [6, 6.07) is 18.9. The summed E-state index contributed by atoms with van der Waals surface area (Å²) in [5.41, 5.74) is 3.20. The van der Waals surface area contributed by atoms with E-state index in [1.165, 1.54) is 4.57 Å². The molecular formula is C21H18ClN5O. The van der Waals surface area contributed by atoms with Crippen molar-refractivity contribution < 1.29 is 0 Å². The molecule has 2 heterocycles. The molecule has 28 heavy (non-hydrogen) atoms. The van der Waals surface area contributed by atoms with Gasteiger partial charge in [0.2, 0.25) is 5.95 Å². The molecule has 1 N–H and O–H groups in total. The molecule has 0 saturated heterocycles. The molecule has 0 radical (unpaired) electrons. The monoisotopic (exact) mass is 391 g/mol. The molecule has 4 aromatic rings. The number of hydrogen-bond acceptors (Lipinski definition) is 5. The average Bonchev–Trinajstić information content (AvgIpc) is 2.72. The van der Waals surface area contributed by atoms with Crippen molar-refractivity contribution in [2.24, 2.45) is 7.05 Å². The number of nitrogens with one attached hydrogen (secondary N) is 1. The van der Waals surface area contributed by atoms with E-state index in [4.69, 9.17) is 11.6 Å². The van der Waals surface area contributed by atoms with Crippen LogP contribution in [0.25, 0.3) is 22.2 Å². The second-order valence-corrected chi connectivity index (χ2v) is 6.85. The molecule has 7 heteroatoms. The molecule has 0 aliphatic rings. The Morgan fingerprint density at radius 3 is 2.61 bits per heavy atom. The highest BCUT2D eigenvalue weighted by Gasteiger charge is 2.08. The lowest BCUT2D eigenvalue weighted by Crippen LogP contribution is -2.23. The second kappa shape index (κ2) is 7.78. The third-order valence-electron chi connectivity index (χ3n) is 4.49. The van der Waals surface area contributed by atoms with Crippen LogP contribution in [0.5, 0.6) is 0 Å². The maximum absolute atomic E-state index is 12.5. The topological polar surface area (TPSA) is 72.7 Å². The summed E-state index contributed by atoms with van der Waals surface area (Å²) in [4.78, 5) is 17.0. The minimum atomic E-state index is -0.115. The molecule has 140 valence electrons. The number of anilines is 1. The fourth-order valence-electron chi connectivity index (χ4n) is 2.96. The summed E-state index contributed by atoms with van der Waals surface area (Å²) in [5, 5.41) is 12.9. The molecule has 2 aromatic heterocycles. The van der Waals surface area contributed by atoms with Crippen LogP contribution in [0.15, 0.2) is 65.5 Å². The Bertz CT molecular complexity index is 1170. The van der Waals surface area contributed by atoms with Gasteiger partial charge in [-0.05, 0) is 30.3 Å². The van der Waals surface area contributed by atoms with E-state index in [0.29, 0.717) is 34.8 Å². The van der Waals surface area contributed by atoms with Gasteiger partial charge < -0.3 is 5.32 Å². The molecule has 0 amide bonds. The maximum atomic E-state index is 12.5. The molecule has 6 nitrogen and oxygen atoms in total. The minimum Gasteiger partial charge on any atom is -0.355 e. The summed E-state index contributed by atoms with van der Waals surface area (Å²) >= 11 is 6.02. The van der Waals surface area contributed by atoms with E-state index >= 15 is 0 Å². The normalized spacial score (nSPS) is 10.9. The Morgan fingerprint density at radius 2 is 1.86 bits per heavy atom. The van der Waals surface area contributed by atoms with Crippen LogP contribution in [0, 0.1) is 0 Å². The highest BCUT2D eigenvalue weighted by atomic mass is 35.5. The van der Waals surface area contributed by atoms with E-state index in [9.17, 15) is 4.79 Å². The molecule has 0 unspecified atom stereocenters. The Balaban J connectivity index is 1.46. The standard InChI is InChI=1S/C21H18ClN5O/c1-27-20(28)17-9-7-15(22)13-19(17)24-21(27)23-12-11-16-8-10-18(26-25-16)14-5-3-2-4-6-14/h2-10,13H,11-12H2,1H3,(H,23,24). The number of hydrogen-bond donors (Lipinski definition) is 1. The van der Waals surface area contributed by atoms with E-state index < -0.39 is 0 Å². The quantitative estimate of drug-likeness (QED) is 0.561. The lowest BCUT2D eigenvalue weighted by Gasteiger charge is -2.11. The average molecular weight is 392 g/mol. The fourth-order valence-corrected chi connectivity index (χ4v) is 3.13. The maximum Gasteiger partial charge on any atom is 0.262 e. The highest BCUT2D eigenvalue weighted by Crippen LogP contribution is 2.17. The first kappa shape index (κ1) is 18.1. The number of halogens is 1. The van der Waals surface area contributed by atoms with Gasteiger partial charge in [0.15, 0.2) is 0 Å². The van der Waals surface area contributed by atoms with Crippen LogP contribution >= 0.6 is 11.6 Å². The SMILES string of the molecule is Cn1c(NCCc2ccc(-c3ccccc3)nn2)nc2cc(Cl)ccc2c1=O. The summed E-state index contributed by atoms with van der Waals surface area (Å²) in [6.45, 7) is 0.575. The van der Waals surface area contributed by atoms with Crippen molar-refractivity contribution in [2.75, 3.05) is 11.9 Å². The van der Waals surface area contributed by atoms with Gasteiger partial charge in [-0.15, -0.1) is 0 Å². The number of aromatic nitrogens is 4. The molecule has 2 aromatic carbocycles. The molecule has 0 atom stereocenters. The first-order valence-electron chi connectivity index (χ1n) is 8.90. The van der Waals surface area contributed by atoms with Crippen LogP contribution in [0.3, 0.4) is 0 Å². The van der Waals surface area contributed by atoms with Gasteiger partial charge in [-0.1, -0.05) is 41.9 Å². The Labute approximate surface area is 166 Å². The first-order chi connectivity index (χ1) is 13.6. The van der Waals surface area contributed by atoms with Gasteiger partial charge in [0.25, 0.3) is 5.56 Å². The van der Waals surface area contributed by atoms with Crippen LogP contribution in [-0.2, 0) is 13.5 Å². The van der Waals surface area contributed by atoms with Crippen LogP contribution in [0.1, 0.15) is 5.69 Å². The van der Waals surface area contributed by atoms with Gasteiger partial charge >= 0.3 is 0 Å². The van der Waals surface area contributed by atoms with Gasteiger partial charge in [0, 0.05) is 30.6 Å². The van der Waals surface area contributed by atoms with E-state index in [0.717, 1.165) is 17.0 Å². The molecule has 0 bridgehead atoms.